The molecule has 0 radical (unpaired) electrons. The molecule has 0 heterocycles. The minimum Gasteiger partial charge on any atom is -0.199 e. The molecule has 0 aromatic heterocycles. The van der Waals surface area contributed by atoms with Crippen LogP contribution in [0.25, 0.3) is 0 Å². The minimum atomic E-state index is 0. The van der Waals surface area contributed by atoms with Crippen LogP contribution in [0, 0.1) is 11.3 Å². The summed E-state index contributed by atoms with van der Waals surface area (Å²) in [5.74, 6) is 0. The van der Waals surface area contributed by atoms with E-state index in [0.717, 1.165) is 0 Å². The second kappa shape index (κ2) is 32.4. The van der Waals surface area contributed by atoms with Crippen molar-refractivity contribution in [2.75, 3.05) is 0 Å². The van der Waals surface area contributed by atoms with Crippen molar-refractivity contribution >= 4 is 0 Å². The molecule has 0 rings (SSSR count). The Morgan fingerprint density at radius 1 is 1.17 bits per heavy atom. The van der Waals surface area contributed by atoms with Crippen LogP contribution in [0.2, 0.25) is 0 Å². The van der Waals surface area contributed by atoms with E-state index in [0.29, 0.717) is 0 Å². The smallest absolute Gasteiger partial charge is 0.0587 e. The molecular weight excluding hydrogens is 609 g/mol. The van der Waals surface area contributed by atoms with Gasteiger partial charge in [0.2, 0.25) is 0 Å². The Kier molecular flexibility index (Phi) is 142. The fraction of sp³-hybridized carbons (Fsp3) is 0.500. The van der Waals surface area contributed by atoms with E-state index >= 15 is 0 Å². The van der Waals surface area contributed by atoms with E-state index in [1.807, 2.05) is 0 Å². The third-order valence-corrected chi connectivity index (χ3v) is 0. The molecule has 0 unspecified atom stereocenters. The van der Waals surface area contributed by atoms with Crippen LogP contribution in [0.4, 0.5) is 0 Å². The van der Waals surface area contributed by atoms with Crippen LogP contribution in [-0.2, 0) is 59.4 Å². The van der Waals surface area contributed by atoms with Crippen molar-refractivity contribution in [3.63, 3.8) is 0 Å². The zero-order chi connectivity index (χ0) is 2.71. The summed E-state index contributed by atoms with van der Waals surface area (Å²) in [6, 6.07) is 1.75. The van der Waals surface area contributed by atoms with Crippen molar-refractivity contribution in [3.8, 4) is 6.07 Å². The fourth-order valence-electron chi connectivity index (χ4n) is 0. The van der Waals surface area contributed by atoms with Crippen LogP contribution < -0.4 is 0 Å². The van der Waals surface area contributed by atoms with Crippen molar-refractivity contribution in [2.45, 2.75) is 6.92 Å². The number of rotatable bonds is 0. The summed E-state index contributed by atoms with van der Waals surface area (Å²) in [4.78, 5) is 0. The zero-order valence-corrected chi connectivity index (χ0v) is 10.6. The summed E-state index contributed by atoms with van der Waals surface area (Å²) in [5, 5.41) is 7.32. The summed E-state index contributed by atoms with van der Waals surface area (Å²) < 4.78 is 0. The van der Waals surface area contributed by atoms with E-state index in [-0.39, 0.29) is 59.4 Å². The van der Waals surface area contributed by atoms with E-state index in [9.17, 15) is 0 Å². The van der Waals surface area contributed by atoms with Crippen molar-refractivity contribution < 1.29 is 59.4 Å². The van der Waals surface area contributed by atoms with Gasteiger partial charge in [0.15, 0.2) is 0 Å². The van der Waals surface area contributed by atoms with Crippen LogP contribution in [0.1, 0.15) is 6.92 Å². The first-order valence-corrected chi connectivity index (χ1v) is 0.724. The van der Waals surface area contributed by atoms with Gasteiger partial charge in [-0.2, -0.15) is 5.26 Å². The largest absolute Gasteiger partial charge is 0.199 e. The number of hydrogen-bond donors (Lipinski definition) is 0. The average molecular weight is 612 g/mol. The van der Waals surface area contributed by atoms with Gasteiger partial charge in [0.1, 0.15) is 0 Å². The maximum Gasteiger partial charge on any atom is 0.0587 e. The van der Waals surface area contributed by atoms with Gasteiger partial charge in [0.25, 0.3) is 0 Å². The molecular formula is C2H3NOs3. The molecule has 0 aliphatic rings. The van der Waals surface area contributed by atoms with Crippen molar-refractivity contribution in [2.24, 2.45) is 0 Å². The van der Waals surface area contributed by atoms with Crippen LogP contribution in [0.5, 0.6) is 0 Å². The Morgan fingerprint density at radius 3 is 1.17 bits per heavy atom. The van der Waals surface area contributed by atoms with E-state index < -0.39 is 0 Å². The predicted octanol–water partition coefficient (Wildman–Crippen LogP) is 0.522. The Hall–Kier alpha value is 1.40. The second-order valence-corrected chi connectivity index (χ2v) is 0.224. The van der Waals surface area contributed by atoms with Crippen LogP contribution in [0.3, 0.4) is 0 Å². The first-order chi connectivity index (χ1) is 1.41. The SMILES string of the molecule is CC#N.[Os].[Os].[Os]. The summed E-state index contributed by atoms with van der Waals surface area (Å²) in [7, 11) is 0. The monoisotopic (exact) mass is 617 g/mol. The molecule has 6 heavy (non-hydrogen) atoms. The van der Waals surface area contributed by atoms with Crippen molar-refractivity contribution in [1.82, 2.24) is 0 Å². The summed E-state index contributed by atoms with van der Waals surface area (Å²) >= 11 is 0. The third kappa shape index (κ3) is 53.4. The van der Waals surface area contributed by atoms with Crippen LogP contribution in [-0.4, -0.2) is 0 Å². The van der Waals surface area contributed by atoms with Gasteiger partial charge in [0, 0.05) is 66.3 Å². The first-order valence-electron chi connectivity index (χ1n) is 0.724. The maximum atomic E-state index is 7.32. The Balaban J connectivity index is -0.00000000667. The quantitative estimate of drug-likeness (QED) is 0.392. The molecule has 0 aliphatic heterocycles. The molecule has 0 aliphatic carbocycles. The van der Waals surface area contributed by atoms with Crippen molar-refractivity contribution in [3.05, 3.63) is 0 Å². The Morgan fingerprint density at radius 2 is 1.17 bits per heavy atom. The molecule has 1 nitrogen and oxygen atoms in total. The van der Waals surface area contributed by atoms with Gasteiger partial charge in [-0.15, -0.1) is 0 Å². The molecule has 0 amide bonds. The fourth-order valence-corrected chi connectivity index (χ4v) is 0. The summed E-state index contributed by atoms with van der Waals surface area (Å²) in [5.41, 5.74) is 0. The van der Waals surface area contributed by atoms with Crippen molar-refractivity contribution in [1.29, 1.82) is 5.26 Å². The standard InChI is InChI=1S/C2H3N.3Os/c1-2-3;;;/h1H3;;;. The molecule has 0 fully saturated rings. The molecule has 0 aromatic carbocycles. The van der Waals surface area contributed by atoms with Gasteiger partial charge in [-0.25, -0.2) is 0 Å². The molecule has 0 spiro atoms. The summed E-state index contributed by atoms with van der Waals surface area (Å²) in [6.07, 6.45) is 0. The van der Waals surface area contributed by atoms with E-state index in [1.54, 1.807) is 6.07 Å². The number of hydrogen-bond acceptors (Lipinski definition) is 1. The summed E-state index contributed by atoms with van der Waals surface area (Å²) in [6.45, 7) is 1.43. The Bertz CT molecular complexity index is 30.3. The van der Waals surface area contributed by atoms with Gasteiger partial charge in [-0.1, -0.05) is 0 Å². The van der Waals surface area contributed by atoms with Gasteiger partial charge < -0.3 is 0 Å². The molecule has 0 aromatic rings. The normalized spacial score (nSPS) is 1.33. The molecule has 0 saturated heterocycles. The first kappa shape index (κ1) is 26.2. The van der Waals surface area contributed by atoms with Crippen LogP contribution in [0.15, 0.2) is 0 Å². The number of nitriles is 1. The van der Waals surface area contributed by atoms with Gasteiger partial charge in [-0.3, -0.25) is 0 Å². The second-order valence-electron chi connectivity index (χ2n) is 0.224. The van der Waals surface area contributed by atoms with E-state index in [4.69, 9.17) is 5.26 Å². The van der Waals surface area contributed by atoms with E-state index in [1.165, 1.54) is 6.92 Å². The van der Waals surface area contributed by atoms with E-state index in [2.05, 4.69) is 0 Å². The van der Waals surface area contributed by atoms with Gasteiger partial charge in [-0.05, 0) is 0 Å². The third-order valence-electron chi connectivity index (χ3n) is 0. The number of nitrogens with zero attached hydrogens (tertiary/aromatic N) is 1. The molecule has 0 bridgehead atoms. The predicted molar refractivity (Wildman–Crippen MR) is 11.3 cm³/mol. The van der Waals surface area contributed by atoms with Crippen LogP contribution >= 0.6 is 0 Å². The average Bonchev–Trinajstić information content (AvgIpc) is 0.918. The van der Waals surface area contributed by atoms with Gasteiger partial charge >= 0.3 is 0 Å². The molecule has 40 valence electrons. The molecule has 0 atom stereocenters. The maximum absolute atomic E-state index is 7.32. The van der Waals surface area contributed by atoms with Gasteiger partial charge in [0.05, 0.1) is 6.07 Å². The molecule has 0 N–H and O–H groups in total. The Labute approximate surface area is 77.0 Å². The zero-order valence-electron chi connectivity index (χ0n) is 3.01. The molecule has 4 heteroatoms. The minimum absolute atomic E-state index is 0. The molecule has 0 saturated carbocycles. The topological polar surface area (TPSA) is 23.8 Å².